The van der Waals surface area contributed by atoms with Crippen LogP contribution in [0.4, 0.5) is 0 Å². The molecule has 0 fully saturated rings. The maximum absolute atomic E-state index is 6.45. The number of hydrogen-bond acceptors (Lipinski definition) is 1. The van der Waals surface area contributed by atoms with Gasteiger partial charge in [0.15, 0.2) is 0 Å². The molecule has 0 aliphatic heterocycles. The van der Waals surface area contributed by atoms with Gasteiger partial charge >= 0.3 is 0 Å². The van der Waals surface area contributed by atoms with Crippen molar-refractivity contribution in [2.24, 2.45) is 0 Å². The van der Waals surface area contributed by atoms with Crippen molar-refractivity contribution in [3.8, 4) is 0 Å². The van der Waals surface area contributed by atoms with E-state index in [0.29, 0.717) is 0 Å². The molecule has 0 aromatic heterocycles. The second-order valence-corrected chi connectivity index (χ2v) is 9.92. The van der Waals surface area contributed by atoms with Gasteiger partial charge in [-0.2, -0.15) is 0 Å². The fourth-order valence-electron chi connectivity index (χ4n) is 2.56. The van der Waals surface area contributed by atoms with Crippen LogP contribution in [-0.2, 0) is 4.18 Å². The molecule has 2 heteroatoms. The monoisotopic (exact) mass is 362 g/mol. The van der Waals surface area contributed by atoms with Crippen LogP contribution in [0.25, 0.3) is 0 Å². The van der Waals surface area contributed by atoms with Crippen molar-refractivity contribution in [1.82, 2.24) is 0 Å². The van der Waals surface area contributed by atoms with Crippen molar-refractivity contribution in [3.05, 3.63) is 60.7 Å². The standard InChI is InChI=1S/C18H24OS.C3H8.C2H6/c1-5-19-20(18(2,3)4,16-12-8-6-9-13-16)17-14-10-7-11-15-17;1-3-2;1-2/h6-15H,5H2,1-4H3;3H2,1-2H3;1-2H3. The molecule has 0 N–H and O–H groups in total. The Morgan fingerprint density at radius 2 is 1.04 bits per heavy atom. The summed E-state index contributed by atoms with van der Waals surface area (Å²) in [5, 5.41) is 0. The lowest BCUT2D eigenvalue weighted by molar-refractivity contribution is 0.367. The molecule has 0 radical (unpaired) electrons. The minimum atomic E-state index is -1.52. The zero-order chi connectivity index (χ0) is 19.3. The van der Waals surface area contributed by atoms with Gasteiger partial charge in [0.05, 0.1) is 6.61 Å². The van der Waals surface area contributed by atoms with Crippen molar-refractivity contribution in [2.75, 3.05) is 6.61 Å². The quantitative estimate of drug-likeness (QED) is 0.534. The molecular formula is C23H38OS. The lowest BCUT2D eigenvalue weighted by Gasteiger charge is -2.50. The largest absolute Gasteiger partial charge is 0.328 e. The fourth-order valence-corrected chi connectivity index (χ4v) is 6.30. The first-order chi connectivity index (χ1) is 11.9. The summed E-state index contributed by atoms with van der Waals surface area (Å²) < 4.78 is 6.48. The normalized spacial score (nSPS) is 11.5. The third-order valence-corrected chi connectivity index (χ3v) is 7.49. The molecule has 0 amide bonds. The number of rotatable bonds is 4. The minimum absolute atomic E-state index is 0.0334. The predicted molar refractivity (Wildman–Crippen MR) is 116 cm³/mol. The minimum Gasteiger partial charge on any atom is -0.328 e. The van der Waals surface area contributed by atoms with Gasteiger partial charge in [-0.05, 0) is 52.0 Å². The molecule has 0 heterocycles. The highest BCUT2D eigenvalue weighted by Gasteiger charge is 2.40. The summed E-state index contributed by atoms with van der Waals surface area (Å²) in [4.78, 5) is 2.58. The summed E-state index contributed by atoms with van der Waals surface area (Å²) in [5.41, 5.74) is 0. The van der Waals surface area contributed by atoms with Gasteiger partial charge in [0.1, 0.15) is 0 Å². The molecule has 0 bridgehead atoms. The second kappa shape index (κ2) is 12.2. The highest BCUT2D eigenvalue weighted by molar-refractivity contribution is 8.31. The van der Waals surface area contributed by atoms with E-state index >= 15 is 0 Å². The lowest BCUT2D eigenvalue weighted by atomic mass is 10.3. The van der Waals surface area contributed by atoms with Gasteiger partial charge in [-0.15, -0.1) is 0 Å². The van der Waals surface area contributed by atoms with Crippen LogP contribution in [0.1, 0.15) is 61.8 Å². The Hall–Kier alpha value is -1.25. The first-order valence-electron chi connectivity index (χ1n) is 9.51. The molecule has 0 aliphatic rings. The molecule has 25 heavy (non-hydrogen) atoms. The van der Waals surface area contributed by atoms with Gasteiger partial charge in [0, 0.05) is 14.5 Å². The highest BCUT2D eigenvalue weighted by Crippen LogP contribution is 2.71. The molecule has 0 saturated heterocycles. The third kappa shape index (κ3) is 6.20. The molecule has 2 rings (SSSR count). The molecule has 0 saturated carbocycles. The van der Waals surface area contributed by atoms with Gasteiger partial charge in [-0.25, -0.2) is 0 Å². The molecule has 1 nitrogen and oxygen atoms in total. The highest BCUT2D eigenvalue weighted by atomic mass is 32.3. The molecule has 0 spiro atoms. The molecule has 0 atom stereocenters. The molecule has 0 aliphatic carbocycles. The Morgan fingerprint density at radius 1 is 0.720 bits per heavy atom. The van der Waals surface area contributed by atoms with E-state index in [4.69, 9.17) is 4.18 Å². The van der Waals surface area contributed by atoms with Crippen molar-refractivity contribution in [3.63, 3.8) is 0 Å². The van der Waals surface area contributed by atoms with Crippen LogP contribution in [0.5, 0.6) is 0 Å². The second-order valence-electron chi connectivity index (χ2n) is 6.41. The van der Waals surface area contributed by atoms with E-state index in [9.17, 15) is 0 Å². The Morgan fingerprint density at radius 3 is 1.28 bits per heavy atom. The molecule has 2 aromatic carbocycles. The smallest absolute Gasteiger partial charge is 0.0572 e. The predicted octanol–water partition coefficient (Wildman–Crippen LogP) is 8.10. The average molecular weight is 363 g/mol. The van der Waals surface area contributed by atoms with Crippen LogP contribution < -0.4 is 0 Å². The average Bonchev–Trinajstić information content (AvgIpc) is 2.62. The first-order valence-corrected chi connectivity index (χ1v) is 11.1. The van der Waals surface area contributed by atoms with E-state index in [1.54, 1.807) is 0 Å². The number of hydrogen-bond donors (Lipinski definition) is 0. The van der Waals surface area contributed by atoms with Gasteiger partial charge in [-0.3, -0.25) is 0 Å². The van der Waals surface area contributed by atoms with Crippen LogP contribution in [0.2, 0.25) is 0 Å². The number of benzene rings is 2. The lowest BCUT2D eigenvalue weighted by Crippen LogP contribution is -2.27. The summed E-state index contributed by atoms with van der Waals surface area (Å²) in [6, 6.07) is 21.3. The van der Waals surface area contributed by atoms with E-state index in [1.165, 1.54) is 16.2 Å². The molecule has 0 unspecified atom stereocenters. The van der Waals surface area contributed by atoms with Crippen molar-refractivity contribution >= 4 is 10.3 Å². The Labute approximate surface area is 158 Å². The summed E-state index contributed by atoms with van der Waals surface area (Å²) in [6.07, 6.45) is 1.25. The van der Waals surface area contributed by atoms with Gasteiger partial charge < -0.3 is 4.18 Å². The van der Waals surface area contributed by atoms with Crippen LogP contribution >= 0.6 is 10.3 Å². The van der Waals surface area contributed by atoms with Crippen molar-refractivity contribution in [1.29, 1.82) is 0 Å². The van der Waals surface area contributed by atoms with Crippen LogP contribution in [0, 0.1) is 0 Å². The zero-order valence-corrected chi connectivity index (χ0v) is 18.3. The van der Waals surface area contributed by atoms with E-state index in [-0.39, 0.29) is 4.75 Å². The third-order valence-electron chi connectivity index (χ3n) is 3.31. The van der Waals surface area contributed by atoms with Gasteiger partial charge in [0.25, 0.3) is 0 Å². The van der Waals surface area contributed by atoms with E-state index in [1.807, 2.05) is 13.8 Å². The Kier molecular flexibility index (Phi) is 11.6. The SMILES string of the molecule is CC.CCC.CCOS(c1ccccc1)(c1ccccc1)C(C)(C)C. The van der Waals surface area contributed by atoms with Crippen molar-refractivity contribution in [2.45, 2.75) is 76.3 Å². The van der Waals surface area contributed by atoms with E-state index in [0.717, 1.165) is 6.61 Å². The first kappa shape index (κ1) is 23.8. The fraction of sp³-hybridized carbons (Fsp3) is 0.478. The van der Waals surface area contributed by atoms with Crippen LogP contribution in [0.3, 0.4) is 0 Å². The Bertz CT molecular complexity index is 504. The summed E-state index contributed by atoms with van der Waals surface area (Å²) >= 11 is 0. The van der Waals surface area contributed by atoms with Gasteiger partial charge in [-0.1, -0.05) is 80.8 Å². The van der Waals surface area contributed by atoms with E-state index in [2.05, 4.69) is 102 Å². The molecule has 2 aromatic rings. The molecule has 142 valence electrons. The maximum Gasteiger partial charge on any atom is 0.0572 e. The van der Waals surface area contributed by atoms with Gasteiger partial charge in [0.2, 0.25) is 0 Å². The topological polar surface area (TPSA) is 9.23 Å². The van der Waals surface area contributed by atoms with Crippen LogP contribution in [-0.4, -0.2) is 11.4 Å². The zero-order valence-electron chi connectivity index (χ0n) is 17.5. The summed E-state index contributed by atoms with van der Waals surface area (Å²) in [7, 11) is -1.52. The molecular weight excluding hydrogens is 324 g/mol. The Balaban J connectivity index is 0.00000104. The maximum atomic E-state index is 6.45. The van der Waals surface area contributed by atoms with E-state index < -0.39 is 10.3 Å². The van der Waals surface area contributed by atoms with Crippen molar-refractivity contribution < 1.29 is 4.18 Å². The summed E-state index contributed by atoms with van der Waals surface area (Å²) in [6.45, 7) is 17.9. The van der Waals surface area contributed by atoms with Crippen LogP contribution in [0.15, 0.2) is 70.5 Å². The summed E-state index contributed by atoms with van der Waals surface area (Å²) in [5.74, 6) is 0.